The lowest BCUT2D eigenvalue weighted by Crippen LogP contribution is -2.50. The molecule has 0 aromatic carbocycles. The highest BCUT2D eigenvalue weighted by molar-refractivity contribution is 7.89. The van der Waals surface area contributed by atoms with Crippen molar-refractivity contribution >= 4 is 20.0 Å². The Morgan fingerprint density at radius 3 is 1.33 bits per heavy atom. The lowest BCUT2D eigenvalue weighted by molar-refractivity contribution is -0.145. The van der Waals surface area contributed by atoms with E-state index in [0.717, 1.165) is 12.8 Å². The Bertz CT molecular complexity index is 1100. The van der Waals surface area contributed by atoms with Crippen molar-refractivity contribution in [1.29, 1.82) is 0 Å². The molecule has 5 rings (SSSR count). The molecule has 0 amide bonds. The highest BCUT2D eigenvalue weighted by atomic mass is 32.2. The molecule has 0 aromatic heterocycles. The van der Waals surface area contributed by atoms with Gasteiger partial charge in [0.2, 0.25) is 20.0 Å². The van der Waals surface area contributed by atoms with Crippen LogP contribution in [-0.4, -0.2) is 81.8 Å². The first-order valence-corrected chi connectivity index (χ1v) is 17.7. The summed E-state index contributed by atoms with van der Waals surface area (Å²) in [5.74, 6) is -0.676. The molecule has 8 atom stereocenters. The fourth-order valence-corrected chi connectivity index (χ4v) is 13.0. The first-order chi connectivity index (χ1) is 17.8. The van der Waals surface area contributed by atoms with E-state index in [1.807, 2.05) is 0 Å². The number of hydrogen-bond donors (Lipinski definition) is 4. The summed E-state index contributed by atoms with van der Waals surface area (Å²) in [7, 11) is -7.52. The number of ether oxygens (including phenoxy) is 2. The van der Waals surface area contributed by atoms with E-state index in [-0.39, 0.29) is 35.4 Å². The summed E-state index contributed by atoms with van der Waals surface area (Å²) in [6.45, 7) is 11.5. The molecular weight excluding hydrogens is 544 g/mol. The Morgan fingerprint density at radius 1 is 0.692 bits per heavy atom. The first kappa shape index (κ1) is 30.1. The molecule has 10 nitrogen and oxygen atoms in total. The predicted octanol–water partition coefficient (Wildman–Crippen LogP) is 1.72. The van der Waals surface area contributed by atoms with Crippen LogP contribution in [0.15, 0.2) is 0 Å². The van der Waals surface area contributed by atoms with Gasteiger partial charge in [0.05, 0.1) is 23.7 Å². The predicted molar refractivity (Wildman–Crippen MR) is 147 cm³/mol. The average molecular weight is 593 g/mol. The molecule has 5 aliphatic rings. The van der Waals surface area contributed by atoms with Crippen LogP contribution in [0.3, 0.4) is 0 Å². The van der Waals surface area contributed by atoms with Crippen LogP contribution in [0.5, 0.6) is 0 Å². The van der Waals surface area contributed by atoms with Crippen LogP contribution < -0.4 is 9.44 Å². The highest BCUT2D eigenvalue weighted by Gasteiger charge is 2.66. The van der Waals surface area contributed by atoms with Crippen LogP contribution in [0.2, 0.25) is 0 Å². The number of sulfonamides is 2. The summed E-state index contributed by atoms with van der Waals surface area (Å²) in [5, 5.41) is 21.6. The number of fused-ring (bicyclic) bond motifs is 4. The minimum Gasteiger partial charge on any atom is -0.392 e. The van der Waals surface area contributed by atoms with E-state index in [0.29, 0.717) is 37.5 Å². The Balaban J connectivity index is 1.22. The maximum absolute atomic E-state index is 13.2. The minimum atomic E-state index is -3.76. The monoisotopic (exact) mass is 592 g/mol. The molecule has 0 spiro atoms. The lowest BCUT2D eigenvalue weighted by atomic mass is 9.70. The van der Waals surface area contributed by atoms with Crippen molar-refractivity contribution in [2.75, 3.05) is 24.6 Å². The molecule has 226 valence electrons. The number of rotatable bonds is 10. The van der Waals surface area contributed by atoms with Crippen LogP contribution in [0, 0.1) is 33.5 Å². The fourth-order valence-electron chi connectivity index (χ4n) is 9.21. The molecule has 4 N–H and O–H groups in total. The summed E-state index contributed by atoms with van der Waals surface area (Å²) in [6, 6.07) is 0. The second-order valence-corrected chi connectivity index (χ2v) is 18.3. The zero-order valence-electron chi connectivity index (χ0n) is 24.2. The molecular formula is C27H48N2O8S2. The highest BCUT2D eigenvalue weighted by Crippen LogP contribution is 2.67. The van der Waals surface area contributed by atoms with Crippen LogP contribution in [0.1, 0.15) is 80.1 Å². The molecule has 5 fully saturated rings. The normalized spacial score (nSPS) is 43.9. The summed E-state index contributed by atoms with van der Waals surface area (Å²) < 4.78 is 70.3. The third-order valence-corrected chi connectivity index (χ3v) is 15.0. The lowest BCUT2D eigenvalue weighted by Gasteiger charge is -2.40. The van der Waals surface area contributed by atoms with Crippen molar-refractivity contribution in [3.63, 3.8) is 0 Å². The SMILES string of the molecule is CC1(C)OC(CNS(=O)(=O)C[C@]23CC[C@H](C[C@H]2O)C3(C)C)[C@H](CNS(=O)(=O)C[C@]23CC[C@H](C[C@H]2O)C3(C)C)O1. The van der Waals surface area contributed by atoms with Gasteiger partial charge < -0.3 is 19.7 Å². The largest absolute Gasteiger partial charge is 0.392 e. The van der Waals surface area contributed by atoms with Crippen molar-refractivity contribution in [1.82, 2.24) is 9.44 Å². The molecule has 1 aliphatic heterocycles. The quantitative estimate of drug-likeness (QED) is 0.299. The summed E-state index contributed by atoms with van der Waals surface area (Å²) >= 11 is 0. The van der Waals surface area contributed by atoms with E-state index < -0.39 is 61.1 Å². The van der Waals surface area contributed by atoms with Crippen molar-refractivity contribution in [3.05, 3.63) is 0 Å². The molecule has 1 unspecified atom stereocenters. The third kappa shape index (κ3) is 4.82. The summed E-state index contributed by atoms with van der Waals surface area (Å²) in [6.07, 6.45) is 1.79. The molecule has 12 heteroatoms. The van der Waals surface area contributed by atoms with E-state index >= 15 is 0 Å². The van der Waals surface area contributed by atoms with Gasteiger partial charge in [0.15, 0.2) is 5.79 Å². The van der Waals surface area contributed by atoms with Gasteiger partial charge in [0, 0.05) is 23.9 Å². The molecule has 1 heterocycles. The van der Waals surface area contributed by atoms with Crippen molar-refractivity contribution in [2.45, 2.75) is 110 Å². The Labute approximate surface area is 234 Å². The van der Waals surface area contributed by atoms with Gasteiger partial charge in [-0.15, -0.1) is 0 Å². The fraction of sp³-hybridized carbons (Fsp3) is 1.00. The molecule has 4 saturated carbocycles. The second kappa shape index (κ2) is 9.33. The Hall–Kier alpha value is -0.340. The van der Waals surface area contributed by atoms with Gasteiger partial charge in [-0.25, -0.2) is 26.3 Å². The van der Waals surface area contributed by atoms with Crippen molar-refractivity contribution in [2.24, 2.45) is 33.5 Å². The zero-order chi connectivity index (χ0) is 28.9. The van der Waals surface area contributed by atoms with E-state index in [1.54, 1.807) is 13.8 Å². The standard InChI is InChI=1S/C27H48N2O8S2/c1-23(2)17-7-9-26(23,21(30)11-17)15-38(32,33)28-13-19-20(37-25(5,6)36-19)14-29-39(34,35)16-27-10-8-18(12-22(27)31)24(27,3)4/h17-22,28-31H,7-16H2,1-6H3/t17-,18-,19+,20?,21-,22-,26-,27-/m1/s1. The van der Waals surface area contributed by atoms with Gasteiger partial charge in [-0.3, -0.25) is 0 Å². The number of aliphatic hydroxyl groups is 2. The van der Waals surface area contributed by atoms with Crippen molar-refractivity contribution < 1.29 is 36.5 Å². The van der Waals surface area contributed by atoms with E-state index in [4.69, 9.17) is 9.47 Å². The van der Waals surface area contributed by atoms with E-state index in [9.17, 15) is 27.0 Å². The minimum absolute atomic E-state index is 0.0639. The first-order valence-electron chi connectivity index (χ1n) is 14.4. The van der Waals surface area contributed by atoms with Gasteiger partial charge in [0.1, 0.15) is 12.2 Å². The van der Waals surface area contributed by atoms with Gasteiger partial charge in [-0.2, -0.15) is 0 Å². The van der Waals surface area contributed by atoms with Crippen LogP contribution in [0.25, 0.3) is 0 Å². The Kier molecular flexibility index (Phi) is 7.21. The van der Waals surface area contributed by atoms with Crippen LogP contribution in [0.4, 0.5) is 0 Å². The number of hydrogen-bond acceptors (Lipinski definition) is 8. The second-order valence-electron chi connectivity index (χ2n) is 14.7. The van der Waals surface area contributed by atoms with Gasteiger partial charge in [-0.05, 0) is 75.0 Å². The van der Waals surface area contributed by atoms with E-state index in [1.165, 1.54) is 0 Å². The van der Waals surface area contributed by atoms with Gasteiger partial charge in [0.25, 0.3) is 0 Å². The topological polar surface area (TPSA) is 151 Å². The van der Waals surface area contributed by atoms with Crippen molar-refractivity contribution in [3.8, 4) is 0 Å². The molecule has 4 aliphatic carbocycles. The number of nitrogens with one attached hydrogen (secondary N) is 2. The maximum atomic E-state index is 13.2. The maximum Gasteiger partial charge on any atom is 0.212 e. The molecule has 0 radical (unpaired) electrons. The smallest absolute Gasteiger partial charge is 0.212 e. The van der Waals surface area contributed by atoms with Gasteiger partial charge >= 0.3 is 0 Å². The summed E-state index contributed by atoms with van der Waals surface area (Å²) in [4.78, 5) is 0. The zero-order valence-corrected chi connectivity index (χ0v) is 25.8. The summed E-state index contributed by atoms with van der Waals surface area (Å²) in [5.41, 5.74) is -1.89. The molecule has 4 bridgehead atoms. The third-order valence-electron chi connectivity index (χ3n) is 12.0. The number of aliphatic hydroxyl groups excluding tert-OH is 2. The molecule has 39 heavy (non-hydrogen) atoms. The van der Waals surface area contributed by atoms with E-state index in [2.05, 4.69) is 37.1 Å². The Morgan fingerprint density at radius 2 is 1.05 bits per heavy atom. The molecule has 0 aromatic rings. The van der Waals surface area contributed by atoms with Crippen LogP contribution >= 0.6 is 0 Å². The molecule has 1 saturated heterocycles. The van der Waals surface area contributed by atoms with Crippen LogP contribution in [-0.2, 0) is 29.5 Å². The average Bonchev–Trinajstić information content (AvgIpc) is 3.43. The van der Waals surface area contributed by atoms with Gasteiger partial charge in [-0.1, -0.05) is 27.7 Å².